The SMILES string of the molecule is Fc1ccccc1N(C1=C2C=CC3=CC=C(c4ccc(N5CCCc6ccccc65)cc4)C4=CC=C(C=C1)C2C34)c1ccccc1. The molecule has 0 N–H and O–H groups in total. The monoisotopic (exact) mass is 596 g/mol. The number of hydrogen-bond donors (Lipinski definition) is 0. The van der Waals surface area contributed by atoms with E-state index in [9.17, 15) is 0 Å². The van der Waals surface area contributed by atoms with E-state index in [1.54, 1.807) is 12.1 Å². The van der Waals surface area contributed by atoms with Crippen LogP contribution in [0.1, 0.15) is 17.5 Å². The maximum absolute atomic E-state index is 15.4. The van der Waals surface area contributed by atoms with Crippen LogP contribution in [0.5, 0.6) is 0 Å². The molecule has 0 spiro atoms. The molecule has 5 aliphatic rings. The standard InChI is InChI=1S/C43H33FN2/c44-38-13-5-7-15-41(38)46(34-11-2-1-3-12-34)40-27-21-32-19-25-36-35(24-18-31-20-26-37(40)43(32)42(31)36)29-16-22-33(23-17-29)45-28-8-10-30-9-4-6-14-39(30)45/h1-7,9,11-27,42-43H,8,10,28H2. The Balaban J connectivity index is 1.10. The molecule has 9 rings (SSSR count). The average Bonchev–Trinajstić information content (AvgIpc) is 3.12. The van der Waals surface area contributed by atoms with Gasteiger partial charge >= 0.3 is 0 Å². The van der Waals surface area contributed by atoms with E-state index in [1.807, 2.05) is 30.3 Å². The highest BCUT2D eigenvalue weighted by molar-refractivity contribution is 5.87. The molecule has 2 unspecified atom stereocenters. The lowest BCUT2D eigenvalue weighted by atomic mass is 9.62. The van der Waals surface area contributed by atoms with Crippen molar-refractivity contribution in [3.05, 3.63) is 197 Å². The minimum Gasteiger partial charge on any atom is -0.341 e. The molecule has 222 valence electrons. The summed E-state index contributed by atoms with van der Waals surface area (Å²) < 4.78 is 15.4. The summed E-state index contributed by atoms with van der Waals surface area (Å²) in [6.45, 7) is 1.04. The predicted octanol–water partition coefficient (Wildman–Crippen LogP) is 10.6. The Labute approximate surface area is 269 Å². The zero-order chi connectivity index (χ0) is 30.6. The van der Waals surface area contributed by atoms with Crippen LogP contribution in [-0.2, 0) is 6.42 Å². The van der Waals surface area contributed by atoms with Crippen LogP contribution in [0.3, 0.4) is 0 Å². The molecule has 2 atom stereocenters. The highest BCUT2D eigenvalue weighted by Gasteiger charge is 2.41. The summed E-state index contributed by atoms with van der Waals surface area (Å²) in [6, 6.07) is 35.1. The summed E-state index contributed by atoms with van der Waals surface area (Å²) in [5, 5.41) is 0. The van der Waals surface area contributed by atoms with Crippen LogP contribution in [0.2, 0.25) is 0 Å². The fourth-order valence-corrected chi connectivity index (χ4v) is 7.96. The van der Waals surface area contributed by atoms with E-state index in [2.05, 4.69) is 119 Å². The molecule has 0 bridgehead atoms. The Morgan fingerprint density at radius 2 is 1.39 bits per heavy atom. The van der Waals surface area contributed by atoms with Gasteiger partial charge < -0.3 is 9.80 Å². The van der Waals surface area contributed by atoms with E-state index < -0.39 is 0 Å². The van der Waals surface area contributed by atoms with E-state index in [1.165, 1.54) is 56.8 Å². The molecule has 1 heterocycles. The van der Waals surface area contributed by atoms with Crippen molar-refractivity contribution in [1.82, 2.24) is 0 Å². The van der Waals surface area contributed by atoms with Crippen molar-refractivity contribution in [2.24, 2.45) is 11.8 Å². The van der Waals surface area contributed by atoms with Crippen LogP contribution in [0.4, 0.5) is 27.1 Å². The molecule has 0 saturated heterocycles. The zero-order valence-electron chi connectivity index (χ0n) is 25.5. The second-order valence-electron chi connectivity index (χ2n) is 12.6. The third-order valence-corrected chi connectivity index (χ3v) is 10.1. The van der Waals surface area contributed by atoms with E-state index in [4.69, 9.17) is 0 Å². The number of rotatable bonds is 5. The van der Waals surface area contributed by atoms with Gasteiger partial charge in [0.05, 0.1) is 11.4 Å². The van der Waals surface area contributed by atoms with E-state index in [-0.39, 0.29) is 17.7 Å². The maximum Gasteiger partial charge on any atom is 0.147 e. The van der Waals surface area contributed by atoms with Crippen LogP contribution >= 0.6 is 0 Å². The normalized spacial score (nSPS) is 20.7. The van der Waals surface area contributed by atoms with Gasteiger partial charge in [0.2, 0.25) is 0 Å². The van der Waals surface area contributed by atoms with Crippen molar-refractivity contribution in [3.8, 4) is 0 Å². The Morgan fingerprint density at radius 3 is 2.26 bits per heavy atom. The van der Waals surface area contributed by atoms with Gasteiger partial charge in [-0.3, -0.25) is 0 Å². The summed E-state index contributed by atoms with van der Waals surface area (Å²) >= 11 is 0. The molecule has 0 saturated carbocycles. The van der Waals surface area contributed by atoms with E-state index in [0.29, 0.717) is 5.69 Å². The molecule has 4 aromatic rings. The third-order valence-electron chi connectivity index (χ3n) is 10.1. The van der Waals surface area contributed by atoms with E-state index in [0.717, 1.165) is 24.4 Å². The number of hydrogen-bond acceptors (Lipinski definition) is 2. The molecule has 1 aliphatic heterocycles. The van der Waals surface area contributed by atoms with Crippen molar-refractivity contribution in [1.29, 1.82) is 0 Å². The minimum atomic E-state index is -0.238. The number of nitrogens with zero attached hydrogens (tertiary/aromatic N) is 2. The number of aryl methyl sites for hydroxylation is 1. The average molecular weight is 597 g/mol. The van der Waals surface area contributed by atoms with Gasteiger partial charge in [0.25, 0.3) is 0 Å². The van der Waals surface area contributed by atoms with Crippen molar-refractivity contribution in [3.63, 3.8) is 0 Å². The second kappa shape index (κ2) is 10.9. The van der Waals surface area contributed by atoms with Gasteiger partial charge in [-0.2, -0.15) is 0 Å². The van der Waals surface area contributed by atoms with Crippen LogP contribution < -0.4 is 9.80 Å². The number of benzene rings is 4. The van der Waals surface area contributed by atoms with Gasteiger partial charge in [0.15, 0.2) is 0 Å². The van der Waals surface area contributed by atoms with Gasteiger partial charge in [-0.15, -0.1) is 0 Å². The number of halogens is 1. The fourth-order valence-electron chi connectivity index (χ4n) is 7.96. The third kappa shape index (κ3) is 4.30. The second-order valence-corrected chi connectivity index (χ2v) is 12.6. The van der Waals surface area contributed by atoms with Gasteiger partial charge in [0.1, 0.15) is 5.82 Å². The molecule has 46 heavy (non-hydrogen) atoms. The molecule has 0 amide bonds. The summed E-state index contributed by atoms with van der Waals surface area (Å²) in [7, 11) is 0. The minimum absolute atomic E-state index is 0.155. The zero-order valence-corrected chi connectivity index (χ0v) is 25.5. The first-order valence-corrected chi connectivity index (χ1v) is 16.2. The molecule has 4 aromatic carbocycles. The van der Waals surface area contributed by atoms with Crippen LogP contribution in [0.15, 0.2) is 180 Å². The molecular formula is C43H33FN2. The number of para-hydroxylation sites is 3. The molecule has 3 heteroatoms. The highest BCUT2D eigenvalue weighted by atomic mass is 19.1. The first-order chi connectivity index (χ1) is 22.7. The molecule has 4 aliphatic carbocycles. The molecule has 0 radical (unpaired) electrons. The Hall–Kier alpha value is -5.41. The van der Waals surface area contributed by atoms with Gasteiger partial charge in [-0.1, -0.05) is 103 Å². The Bertz CT molecular complexity index is 2090. The summed E-state index contributed by atoms with van der Waals surface area (Å²) in [5.41, 5.74) is 14.2. The summed E-state index contributed by atoms with van der Waals surface area (Å²) in [6.07, 6.45) is 20.4. The number of anilines is 4. The first kappa shape index (κ1) is 26.9. The van der Waals surface area contributed by atoms with Crippen LogP contribution in [0.25, 0.3) is 5.57 Å². The largest absolute Gasteiger partial charge is 0.341 e. The number of allylic oxidation sites excluding steroid dienone is 13. The molecular weight excluding hydrogens is 563 g/mol. The first-order valence-electron chi connectivity index (χ1n) is 16.2. The lowest BCUT2D eigenvalue weighted by molar-refractivity contribution is 0.561. The van der Waals surface area contributed by atoms with Crippen molar-refractivity contribution in [2.75, 3.05) is 16.3 Å². The summed E-state index contributed by atoms with van der Waals surface area (Å²) in [4.78, 5) is 4.53. The van der Waals surface area contributed by atoms with Crippen molar-refractivity contribution >= 4 is 28.3 Å². The lowest BCUT2D eigenvalue weighted by Crippen LogP contribution is -2.33. The number of fused-ring (bicyclic) bond motifs is 1. The maximum atomic E-state index is 15.4. The Morgan fingerprint density at radius 1 is 0.652 bits per heavy atom. The molecule has 0 aromatic heterocycles. The van der Waals surface area contributed by atoms with Crippen LogP contribution in [-0.4, -0.2) is 6.54 Å². The summed E-state index contributed by atoms with van der Waals surface area (Å²) in [5.74, 6) is 0.118. The van der Waals surface area contributed by atoms with Gasteiger partial charge in [-0.25, -0.2) is 4.39 Å². The fraction of sp³-hybridized carbons (Fsp3) is 0.116. The van der Waals surface area contributed by atoms with Gasteiger partial charge in [0, 0.05) is 35.4 Å². The van der Waals surface area contributed by atoms with Gasteiger partial charge in [-0.05, 0) is 100 Å². The van der Waals surface area contributed by atoms with Crippen molar-refractivity contribution in [2.45, 2.75) is 12.8 Å². The van der Waals surface area contributed by atoms with E-state index >= 15 is 4.39 Å². The van der Waals surface area contributed by atoms with Crippen LogP contribution in [0, 0.1) is 17.7 Å². The predicted molar refractivity (Wildman–Crippen MR) is 188 cm³/mol. The molecule has 2 nitrogen and oxygen atoms in total. The lowest BCUT2D eigenvalue weighted by Gasteiger charge is -2.43. The smallest absolute Gasteiger partial charge is 0.147 e. The Kier molecular flexibility index (Phi) is 6.38. The van der Waals surface area contributed by atoms with Crippen molar-refractivity contribution < 1.29 is 4.39 Å². The quantitative estimate of drug-likeness (QED) is 0.226. The highest BCUT2D eigenvalue weighted by Crippen LogP contribution is 2.54. The molecule has 0 fully saturated rings. The topological polar surface area (TPSA) is 6.48 Å².